The molecule has 0 amide bonds. The maximum Gasteiger partial charge on any atom is 0.180 e. The lowest BCUT2D eigenvalue weighted by Gasteiger charge is -2.35. The number of piperidine rings is 1. The van der Waals surface area contributed by atoms with E-state index in [1.54, 1.807) is 19.1 Å². The van der Waals surface area contributed by atoms with Crippen molar-refractivity contribution in [3.63, 3.8) is 0 Å². The molecule has 0 aromatic heterocycles. The molecule has 1 saturated heterocycles. The van der Waals surface area contributed by atoms with Gasteiger partial charge in [-0.1, -0.05) is 19.1 Å². The molecule has 0 aliphatic carbocycles. The fraction of sp³-hybridized carbons (Fsp3) is 0.600. The number of hydrogen-bond donors (Lipinski definition) is 1. The zero-order valence-electron chi connectivity index (χ0n) is 12.3. The van der Waals surface area contributed by atoms with E-state index in [0.717, 1.165) is 31.7 Å². The quantitative estimate of drug-likeness (QED) is 0.902. The maximum atomic E-state index is 12.2. The summed E-state index contributed by atoms with van der Waals surface area (Å²) in [6.07, 6.45) is 2.33. The molecule has 0 radical (unpaired) electrons. The Hall–Kier alpha value is -1.07. The van der Waals surface area contributed by atoms with Gasteiger partial charge in [0.05, 0.1) is 16.3 Å². The van der Waals surface area contributed by atoms with E-state index in [4.69, 9.17) is 0 Å². The second kappa shape index (κ2) is 6.59. The van der Waals surface area contributed by atoms with Gasteiger partial charge >= 0.3 is 0 Å². The van der Waals surface area contributed by atoms with Gasteiger partial charge in [-0.05, 0) is 44.5 Å². The maximum absolute atomic E-state index is 12.2. The Labute approximate surface area is 122 Å². The fourth-order valence-electron chi connectivity index (χ4n) is 2.88. The standard InChI is InChI=1S/C15H24N2O2S/c1-3-20(18,19)15-9-5-4-8-14(15)17-10-6-7-13(12-17)11-16-2/h4-5,8-9,13,16H,3,6-7,10-12H2,1-2H3. The van der Waals surface area contributed by atoms with Crippen molar-refractivity contribution in [2.24, 2.45) is 5.92 Å². The Morgan fingerprint density at radius 1 is 1.35 bits per heavy atom. The molecule has 1 aromatic carbocycles. The Kier molecular flexibility index (Phi) is 5.05. The minimum atomic E-state index is -3.17. The third-order valence-electron chi connectivity index (χ3n) is 3.93. The summed E-state index contributed by atoms with van der Waals surface area (Å²) in [5.74, 6) is 0.740. The number of anilines is 1. The van der Waals surface area contributed by atoms with Crippen LogP contribution < -0.4 is 10.2 Å². The van der Waals surface area contributed by atoms with E-state index >= 15 is 0 Å². The van der Waals surface area contributed by atoms with E-state index in [1.165, 1.54) is 6.42 Å². The van der Waals surface area contributed by atoms with Crippen molar-refractivity contribution in [2.75, 3.05) is 37.3 Å². The molecule has 1 heterocycles. The Balaban J connectivity index is 2.29. The van der Waals surface area contributed by atoms with Crippen LogP contribution in [0, 0.1) is 5.92 Å². The van der Waals surface area contributed by atoms with Crippen molar-refractivity contribution < 1.29 is 8.42 Å². The smallest absolute Gasteiger partial charge is 0.180 e. The first kappa shape index (κ1) is 15.3. The van der Waals surface area contributed by atoms with Gasteiger partial charge in [0, 0.05) is 13.1 Å². The van der Waals surface area contributed by atoms with Crippen LogP contribution in [0.1, 0.15) is 19.8 Å². The van der Waals surface area contributed by atoms with Crippen molar-refractivity contribution in [2.45, 2.75) is 24.7 Å². The SMILES string of the molecule is CCS(=O)(=O)c1ccccc1N1CCCC(CNC)C1. The molecule has 0 spiro atoms. The van der Waals surface area contributed by atoms with Gasteiger partial charge in [0.1, 0.15) is 0 Å². The Bertz CT molecular complexity index is 541. The number of rotatable bonds is 5. The molecular formula is C15H24N2O2S. The molecule has 1 unspecified atom stereocenters. The van der Waals surface area contributed by atoms with E-state index in [2.05, 4.69) is 10.2 Å². The topological polar surface area (TPSA) is 49.4 Å². The predicted molar refractivity (Wildman–Crippen MR) is 83.0 cm³/mol. The molecule has 5 heteroatoms. The molecule has 4 nitrogen and oxygen atoms in total. The highest BCUT2D eigenvalue weighted by atomic mass is 32.2. The molecule has 0 bridgehead atoms. The van der Waals surface area contributed by atoms with Gasteiger partial charge < -0.3 is 10.2 Å². The van der Waals surface area contributed by atoms with Crippen LogP contribution in [0.2, 0.25) is 0 Å². The van der Waals surface area contributed by atoms with Crippen LogP contribution in [0.3, 0.4) is 0 Å². The summed E-state index contributed by atoms with van der Waals surface area (Å²) in [6.45, 7) is 4.55. The first-order chi connectivity index (χ1) is 9.58. The van der Waals surface area contributed by atoms with Crippen molar-refractivity contribution in [1.29, 1.82) is 0 Å². The highest BCUT2D eigenvalue weighted by Crippen LogP contribution is 2.29. The normalized spacial score (nSPS) is 20.1. The zero-order chi connectivity index (χ0) is 14.6. The minimum absolute atomic E-state index is 0.151. The van der Waals surface area contributed by atoms with Crippen LogP contribution >= 0.6 is 0 Å². The molecule has 2 rings (SSSR count). The molecule has 1 aromatic rings. The summed E-state index contributed by atoms with van der Waals surface area (Å²) >= 11 is 0. The first-order valence-corrected chi connectivity index (χ1v) is 8.95. The second-order valence-electron chi connectivity index (χ2n) is 5.38. The third-order valence-corrected chi connectivity index (χ3v) is 5.71. The highest BCUT2D eigenvalue weighted by Gasteiger charge is 2.24. The number of sulfone groups is 1. The summed E-state index contributed by atoms with van der Waals surface area (Å²) in [7, 11) is -1.20. The minimum Gasteiger partial charge on any atom is -0.370 e. The van der Waals surface area contributed by atoms with Gasteiger partial charge in [0.15, 0.2) is 9.84 Å². The van der Waals surface area contributed by atoms with Gasteiger partial charge in [-0.2, -0.15) is 0 Å². The van der Waals surface area contributed by atoms with Gasteiger partial charge in [-0.15, -0.1) is 0 Å². The summed E-state index contributed by atoms with van der Waals surface area (Å²) in [6, 6.07) is 7.40. The van der Waals surface area contributed by atoms with E-state index in [0.29, 0.717) is 10.8 Å². The van der Waals surface area contributed by atoms with Crippen LogP contribution in [-0.2, 0) is 9.84 Å². The van der Waals surface area contributed by atoms with Crippen molar-refractivity contribution in [1.82, 2.24) is 5.32 Å². The monoisotopic (exact) mass is 296 g/mol. The molecule has 0 saturated carbocycles. The summed E-state index contributed by atoms with van der Waals surface area (Å²) in [4.78, 5) is 2.71. The van der Waals surface area contributed by atoms with Crippen LogP contribution in [0.15, 0.2) is 29.2 Å². The van der Waals surface area contributed by atoms with Crippen LogP contribution in [0.25, 0.3) is 0 Å². The largest absolute Gasteiger partial charge is 0.370 e. The number of hydrogen-bond acceptors (Lipinski definition) is 4. The number of nitrogens with zero attached hydrogens (tertiary/aromatic N) is 1. The van der Waals surface area contributed by atoms with Crippen LogP contribution in [-0.4, -0.2) is 40.9 Å². The zero-order valence-corrected chi connectivity index (χ0v) is 13.1. The fourth-order valence-corrected chi connectivity index (χ4v) is 3.99. The molecule has 20 heavy (non-hydrogen) atoms. The Morgan fingerprint density at radius 3 is 2.80 bits per heavy atom. The number of nitrogens with one attached hydrogen (secondary N) is 1. The Morgan fingerprint density at radius 2 is 2.10 bits per heavy atom. The molecule has 1 atom stereocenters. The van der Waals surface area contributed by atoms with Crippen molar-refractivity contribution >= 4 is 15.5 Å². The van der Waals surface area contributed by atoms with E-state index < -0.39 is 9.84 Å². The number of para-hydroxylation sites is 1. The van der Waals surface area contributed by atoms with E-state index in [-0.39, 0.29) is 5.75 Å². The molecule has 1 aliphatic rings. The van der Waals surface area contributed by atoms with Crippen molar-refractivity contribution in [3.8, 4) is 0 Å². The average Bonchev–Trinajstić information content (AvgIpc) is 2.48. The predicted octanol–water partition coefficient (Wildman–Crippen LogP) is 1.92. The lowest BCUT2D eigenvalue weighted by molar-refractivity contribution is 0.401. The lowest BCUT2D eigenvalue weighted by Crippen LogP contribution is -2.39. The molecule has 1 aliphatic heterocycles. The van der Waals surface area contributed by atoms with Crippen LogP contribution in [0.5, 0.6) is 0 Å². The van der Waals surface area contributed by atoms with E-state index in [9.17, 15) is 8.42 Å². The van der Waals surface area contributed by atoms with Crippen molar-refractivity contribution in [3.05, 3.63) is 24.3 Å². The van der Waals surface area contributed by atoms with E-state index in [1.807, 2.05) is 19.2 Å². The van der Waals surface area contributed by atoms with Crippen LogP contribution in [0.4, 0.5) is 5.69 Å². The van der Waals surface area contributed by atoms with Gasteiger partial charge in [-0.3, -0.25) is 0 Å². The molecule has 1 N–H and O–H groups in total. The van der Waals surface area contributed by atoms with Gasteiger partial charge in [-0.25, -0.2) is 8.42 Å². The molecule has 1 fully saturated rings. The molecular weight excluding hydrogens is 272 g/mol. The number of benzene rings is 1. The summed E-state index contributed by atoms with van der Waals surface area (Å²) in [5.41, 5.74) is 0.871. The highest BCUT2D eigenvalue weighted by molar-refractivity contribution is 7.91. The average molecular weight is 296 g/mol. The third kappa shape index (κ3) is 3.33. The molecule has 112 valence electrons. The summed E-state index contributed by atoms with van der Waals surface area (Å²) < 4.78 is 24.5. The second-order valence-corrected chi connectivity index (χ2v) is 7.63. The summed E-state index contributed by atoms with van der Waals surface area (Å²) in [5, 5.41) is 3.22. The lowest BCUT2D eigenvalue weighted by atomic mass is 9.97. The van der Waals surface area contributed by atoms with Gasteiger partial charge in [0.25, 0.3) is 0 Å². The van der Waals surface area contributed by atoms with Gasteiger partial charge in [0.2, 0.25) is 0 Å². The first-order valence-electron chi connectivity index (χ1n) is 7.29.